The molecule has 8 rings (SSSR count). The van der Waals surface area contributed by atoms with Crippen molar-refractivity contribution in [1.82, 2.24) is 29.7 Å². The first-order chi connectivity index (χ1) is 31.6. The van der Waals surface area contributed by atoms with Gasteiger partial charge >= 0.3 is 6.09 Å². The van der Waals surface area contributed by atoms with Gasteiger partial charge in [0.05, 0.1) is 46.4 Å². The number of carbonyl (C=O) groups excluding carboxylic acids is 4. The number of halogens is 1. The molecule has 0 spiro atoms. The lowest BCUT2D eigenvalue weighted by Crippen LogP contribution is -2.67. The van der Waals surface area contributed by atoms with Gasteiger partial charge in [-0.25, -0.2) is 18.2 Å². The fourth-order valence-electron chi connectivity index (χ4n) is 9.44. The zero-order chi connectivity index (χ0) is 48.4. The second-order valence-corrected chi connectivity index (χ2v) is 24.0. The molecule has 20 heteroatoms. The van der Waals surface area contributed by atoms with Crippen LogP contribution >= 0.6 is 22.9 Å². The highest BCUT2D eigenvalue weighted by Crippen LogP contribution is 2.48. The standard InChI is InChI=1S/C47H64ClN7O10S2/c1-10-28-23-47(28,43(58)52-67(60,61)46(9)13-14-46)51-40(56)32-22-36(33-24-54(44(59)65-45(6,7)8)39(27(4)5)42(57)55(32)33)64-35-21-30(41-50-31(25-66-41)26(2)3)49-38-29(35)11-12-34(37(38)48)63-20-17-53-15-18-62-19-16-53/h10-12,21,25-29,32-33,36,38-39H,1,13-20,22-24H2,2-9H3,(H,51,56)(H,52,58)/t28-,29-,32+,33-,36-,38?,39-,47-/m1/s1. The predicted octanol–water partition coefficient (Wildman–Crippen LogP) is 5.00. The lowest BCUT2D eigenvalue weighted by Gasteiger charge is -2.46. The van der Waals surface area contributed by atoms with Crippen molar-refractivity contribution >= 4 is 62.5 Å². The summed E-state index contributed by atoms with van der Waals surface area (Å²) in [5.41, 5.74) is -1.02. The molecule has 17 nitrogen and oxygen atoms in total. The Hall–Kier alpha value is -4.30. The van der Waals surface area contributed by atoms with Gasteiger partial charge in [-0.05, 0) is 64.9 Å². The number of nitrogens with one attached hydrogen (secondary N) is 2. The number of morpholine rings is 1. The fraction of sp³-hybridized carbons (Fsp3) is 0.660. The van der Waals surface area contributed by atoms with Crippen LogP contribution in [0.25, 0.3) is 0 Å². The summed E-state index contributed by atoms with van der Waals surface area (Å²) in [6, 6.07) is -3.67. The third-order valence-corrected chi connectivity index (χ3v) is 17.3. The van der Waals surface area contributed by atoms with E-state index in [1.165, 1.54) is 27.2 Å². The molecule has 7 aliphatic rings. The van der Waals surface area contributed by atoms with E-state index >= 15 is 0 Å². The highest BCUT2D eigenvalue weighted by Gasteiger charge is 2.64. The Morgan fingerprint density at radius 3 is 2.48 bits per heavy atom. The van der Waals surface area contributed by atoms with Crippen LogP contribution in [0.15, 0.2) is 57.8 Å². The molecular formula is C47H64ClN7O10S2. The topological polar surface area (TPSA) is 198 Å². The highest BCUT2D eigenvalue weighted by molar-refractivity contribution is 7.91. The number of thiazole rings is 1. The molecule has 3 aliphatic carbocycles. The molecule has 4 amide bonds. The second-order valence-electron chi connectivity index (χ2n) is 20.6. The molecule has 0 bridgehead atoms. The van der Waals surface area contributed by atoms with Crippen molar-refractivity contribution in [1.29, 1.82) is 0 Å². The minimum Gasteiger partial charge on any atom is -0.492 e. The zero-order valence-corrected chi connectivity index (χ0v) is 42.0. The van der Waals surface area contributed by atoms with Crippen LogP contribution in [0.5, 0.6) is 0 Å². The summed E-state index contributed by atoms with van der Waals surface area (Å²) < 4.78 is 52.3. The summed E-state index contributed by atoms with van der Waals surface area (Å²) in [6.45, 7) is 22.5. The molecule has 1 unspecified atom stereocenters. The number of amides is 4. The summed E-state index contributed by atoms with van der Waals surface area (Å²) in [5, 5.41) is 5.93. The Bertz CT molecular complexity index is 2400. The first kappa shape index (κ1) is 49.1. The Morgan fingerprint density at radius 1 is 1.15 bits per heavy atom. The number of dihydropyridines is 1. The largest absolute Gasteiger partial charge is 0.492 e. The van der Waals surface area contributed by atoms with E-state index in [1.807, 2.05) is 37.5 Å². The van der Waals surface area contributed by atoms with E-state index in [0.717, 1.165) is 18.8 Å². The summed E-state index contributed by atoms with van der Waals surface area (Å²) in [5.74, 6) is -2.31. The second kappa shape index (κ2) is 18.6. The maximum atomic E-state index is 15.0. The van der Waals surface area contributed by atoms with Crippen molar-refractivity contribution in [3.05, 3.63) is 63.5 Å². The maximum Gasteiger partial charge on any atom is 0.411 e. The van der Waals surface area contributed by atoms with Gasteiger partial charge in [-0.3, -0.25) is 33.9 Å². The van der Waals surface area contributed by atoms with Crippen molar-refractivity contribution in [3.8, 4) is 0 Å². The van der Waals surface area contributed by atoms with Gasteiger partial charge in [-0.2, -0.15) is 0 Å². The Labute approximate surface area is 402 Å². The van der Waals surface area contributed by atoms with Gasteiger partial charge in [-0.1, -0.05) is 51.4 Å². The number of sulfonamides is 1. The van der Waals surface area contributed by atoms with Crippen LogP contribution < -0.4 is 10.0 Å². The molecular weight excluding hydrogens is 922 g/mol. The van der Waals surface area contributed by atoms with E-state index in [9.17, 15) is 27.6 Å². The number of fused-ring (bicyclic) bond motifs is 2. The summed E-state index contributed by atoms with van der Waals surface area (Å²) >= 11 is 8.67. The third kappa shape index (κ3) is 9.81. The molecule has 8 atom stereocenters. The van der Waals surface area contributed by atoms with E-state index in [0.29, 0.717) is 66.5 Å². The number of rotatable bonds is 15. The Morgan fingerprint density at radius 2 is 1.87 bits per heavy atom. The molecule has 0 radical (unpaired) electrons. The van der Waals surface area contributed by atoms with E-state index < -0.39 is 91.8 Å². The lowest BCUT2D eigenvalue weighted by molar-refractivity contribution is -0.153. The highest BCUT2D eigenvalue weighted by atomic mass is 35.5. The number of nitrogens with zero attached hydrogens (tertiary/aromatic N) is 5. The van der Waals surface area contributed by atoms with Gasteiger partial charge in [0.15, 0.2) is 0 Å². The van der Waals surface area contributed by atoms with Crippen LogP contribution in [0.1, 0.15) is 97.7 Å². The Balaban J connectivity index is 1.12. The zero-order valence-electron chi connectivity index (χ0n) is 39.6. The number of aliphatic imine (C=N–C) groups is 1. The maximum absolute atomic E-state index is 15.0. The van der Waals surface area contributed by atoms with Crippen molar-refractivity contribution < 1.29 is 46.5 Å². The molecule has 0 aromatic carbocycles. The summed E-state index contributed by atoms with van der Waals surface area (Å²) in [4.78, 5) is 72.9. The SMILES string of the molecule is C=C[C@@H]1C[C@]1(NC(=O)[C@@H]1C[C@@H](OC2=CC(c3nc(C(C)C)cs3)=NC3C(Cl)=C(OCCN4CCOCC4)C=C[C@H]23)[C@H]2CN(C(=O)OC(C)(C)C)[C@H](C(C)C)C(=O)N21)C(=O)NS(=O)(=O)C1(C)CC1. The monoisotopic (exact) mass is 985 g/mol. The number of carbonyl (C=O) groups is 4. The number of hydrogen-bond acceptors (Lipinski definition) is 14. The van der Waals surface area contributed by atoms with E-state index in [4.69, 9.17) is 40.5 Å². The summed E-state index contributed by atoms with van der Waals surface area (Å²) in [6.07, 6.45) is 6.47. The quantitative estimate of drug-likeness (QED) is 0.224. The minimum atomic E-state index is -4.04. The normalized spacial score (nSPS) is 30.3. The van der Waals surface area contributed by atoms with Crippen LogP contribution in [-0.4, -0.2) is 150 Å². The summed E-state index contributed by atoms with van der Waals surface area (Å²) in [7, 11) is -4.04. The molecule has 4 aliphatic heterocycles. The average molecular weight is 987 g/mol. The molecule has 5 heterocycles. The molecule has 2 N–H and O–H groups in total. The van der Waals surface area contributed by atoms with Crippen LogP contribution in [0, 0.1) is 17.8 Å². The number of hydrogen-bond donors (Lipinski definition) is 2. The molecule has 1 aromatic heterocycles. The number of piperazine rings is 1. The van der Waals surface area contributed by atoms with Crippen molar-refractivity contribution in [2.45, 2.75) is 133 Å². The van der Waals surface area contributed by atoms with Gasteiger partial charge in [-0.15, -0.1) is 17.9 Å². The average Bonchev–Trinajstić information content (AvgIpc) is 4.07. The molecule has 3 saturated heterocycles. The number of aromatic nitrogens is 1. The van der Waals surface area contributed by atoms with Crippen LogP contribution in [0.3, 0.4) is 0 Å². The van der Waals surface area contributed by atoms with Crippen molar-refractivity contribution in [2.75, 3.05) is 46.0 Å². The molecule has 2 saturated carbocycles. The van der Waals surface area contributed by atoms with Crippen LogP contribution in [-0.2, 0) is 43.4 Å². The van der Waals surface area contributed by atoms with Gasteiger partial charge in [0.1, 0.15) is 58.5 Å². The van der Waals surface area contributed by atoms with Crippen LogP contribution in [0.2, 0.25) is 0 Å². The predicted molar refractivity (Wildman–Crippen MR) is 253 cm³/mol. The number of ether oxygens (including phenoxy) is 4. The van der Waals surface area contributed by atoms with Crippen molar-refractivity contribution in [2.24, 2.45) is 22.7 Å². The molecule has 5 fully saturated rings. The minimum absolute atomic E-state index is 0.0266. The fourth-order valence-corrected chi connectivity index (χ4v) is 12.0. The Kier molecular flexibility index (Phi) is 13.6. The van der Waals surface area contributed by atoms with Gasteiger partial charge in [0.25, 0.3) is 5.91 Å². The van der Waals surface area contributed by atoms with Gasteiger partial charge in [0.2, 0.25) is 21.8 Å². The lowest BCUT2D eigenvalue weighted by atomic mass is 9.89. The smallest absolute Gasteiger partial charge is 0.411 e. The molecule has 67 heavy (non-hydrogen) atoms. The molecule has 1 aromatic rings. The molecule has 366 valence electrons. The van der Waals surface area contributed by atoms with E-state index in [1.54, 1.807) is 27.7 Å². The third-order valence-electron chi connectivity index (χ3n) is 13.8. The first-order valence-electron chi connectivity index (χ1n) is 23.3. The van der Waals surface area contributed by atoms with Gasteiger partial charge < -0.3 is 29.2 Å². The van der Waals surface area contributed by atoms with E-state index in [-0.39, 0.29) is 31.2 Å². The first-order valence-corrected chi connectivity index (χ1v) is 26.1. The van der Waals surface area contributed by atoms with Gasteiger partial charge in [0, 0.05) is 50.0 Å². The van der Waals surface area contributed by atoms with Crippen molar-refractivity contribution in [3.63, 3.8) is 0 Å². The van der Waals surface area contributed by atoms with E-state index in [2.05, 4.69) is 35.4 Å². The van der Waals surface area contributed by atoms with Crippen LogP contribution in [0.4, 0.5) is 4.79 Å². The number of allylic oxidation sites excluding steroid dienone is 2.